The van der Waals surface area contributed by atoms with E-state index in [1.807, 2.05) is 6.92 Å². The van der Waals surface area contributed by atoms with Crippen molar-refractivity contribution in [2.24, 2.45) is 12.0 Å². The third kappa shape index (κ3) is 6.22. The number of aromatic nitrogens is 8. The van der Waals surface area contributed by atoms with E-state index >= 15 is 13.6 Å². The maximum atomic E-state index is 16.1. The number of aliphatic imine (C=N–C) groups is 1. The lowest BCUT2D eigenvalue weighted by Gasteiger charge is -2.34. The highest BCUT2D eigenvalue weighted by Crippen LogP contribution is 2.53. The van der Waals surface area contributed by atoms with Gasteiger partial charge in [0.2, 0.25) is 0 Å². The summed E-state index contributed by atoms with van der Waals surface area (Å²) in [6.07, 6.45) is 3.92. The van der Waals surface area contributed by atoms with Gasteiger partial charge in [-0.25, -0.2) is 33.6 Å². The second kappa shape index (κ2) is 14.5. The van der Waals surface area contributed by atoms with Gasteiger partial charge in [0, 0.05) is 62.1 Å². The molecule has 336 valence electrons. The molecule has 1 saturated carbocycles. The van der Waals surface area contributed by atoms with E-state index in [-0.39, 0.29) is 41.0 Å². The highest BCUT2D eigenvalue weighted by Gasteiger charge is 2.55. The number of fused-ring (bicyclic) bond motifs is 3. The van der Waals surface area contributed by atoms with Gasteiger partial charge in [-0.3, -0.25) is 23.6 Å². The van der Waals surface area contributed by atoms with Gasteiger partial charge < -0.3 is 14.4 Å². The highest BCUT2D eigenvalue weighted by molar-refractivity contribution is 6.05. The van der Waals surface area contributed by atoms with Crippen molar-refractivity contribution < 1.29 is 36.7 Å². The molecule has 0 spiro atoms. The van der Waals surface area contributed by atoms with Crippen LogP contribution in [0.15, 0.2) is 95.5 Å². The molecule has 15 nitrogen and oxygen atoms in total. The third-order valence-electron chi connectivity index (χ3n) is 13.1. The van der Waals surface area contributed by atoms with Crippen LogP contribution in [0.3, 0.4) is 0 Å². The molecule has 2 aliphatic heterocycles. The minimum Gasteiger partial charge on any atom is -0.348 e. The second-order valence-electron chi connectivity index (χ2n) is 17.0. The van der Waals surface area contributed by atoms with Crippen LogP contribution < -0.4 is 11.2 Å². The quantitative estimate of drug-likeness (QED) is 0.163. The average Bonchev–Trinajstić information content (AvgIpc) is 3.75. The molecule has 66 heavy (non-hydrogen) atoms. The standard InChI is InChI=1S/C46H38F5N11O4/c1-23-17-28(18-24(2)38(23)47)62-40(61-16-15-60(44(61)65)34-8-7-32-29(39(34)48)20-53-57(32)4)36-25(3)59(14-10-31(36)55-62)41(63)30-22-58-21-27(26-9-13-52-35(19-26)46(49,50)51)5-6-33(58)37(30)45(11-12-45)42-54-43(64)66-56-42/h5-9,13,15-22,25,43,64H,10-12,14H2,1-4H3,(H,54,56)/t25-,43?/m0/s1. The summed E-state index contributed by atoms with van der Waals surface area (Å²) in [5.74, 6) is -0.838. The Labute approximate surface area is 370 Å². The van der Waals surface area contributed by atoms with E-state index in [1.165, 1.54) is 44.5 Å². The van der Waals surface area contributed by atoms with Crippen LogP contribution in [0.2, 0.25) is 0 Å². The van der Waals surface area contributed by atoms with Gasteiger partial charge in [-0.1, -0.05) is 6.07 Å². The molecule has 20 heteroatoms. The Morgan fingerprint density at radius 1 is 0.955 bits per heavy atom. The van der Waals surface area contributed by atoms with Gasteiger partial charge >= 0.3 is 11.9 Å². The predicted molar refractivity (Wildman–Crippen MR) is 230 cm³/mol. The largest absolute Gasteiger partial charge is 0.433 e. The first kappa shape index (κ1) is 41.3. The first-order chi connectivity index (χ1) is 31.5. The smallest absolute Gasteiger partial charge is 0.348 e. The Morgan fingerprint density at radius 2 is 1.70 bits per heavy atom. The van der Waals surface area contributed by atoms with Crippen LogP contribution in [0.5, 0.6) is 0 Å². The molecular formula is C46H38F5N11O4. The van der Waals surface area contributed by atoms with E-state index in [9.17, 15) is 23.1 Å². The SMILES string of the molecule is Cc1cc(-n2nc3c(c2-n2ccn(-c4ccc5c(cnn5C)c4F)c2=O)[C@H](C)N(C(=O)c2cn4cc(-c5ccnc(C(F)(F)F)c5)ccc4c2C2(C4=NC(O)ON4)CC2)CC3)cc(C)c1F. The van der Waals surface area contributed by atoms with Gasteiger partial charge in [0.05, 0.1) is 56.7 Å². The Balaban J connectivity index is 1.05. The zero-order valence-electron chi connectivity index (χ0n) is 35.6. The number of halogens is 5. The number of hydrogen-bond acceptors (Lipinski definition) is 9. The minimum absolute atomic E-state index is 0.00743. The van der Waals surface area contributed by atoms with Crippen LogP contribution in [-0.2, 0) is 29.9 Å². The Kier molecular flexibility index (Phi) is 9.08. The van der Waals surface area contributed by atoms with Crippen LogP contribution in [0.1, 0.15) is 69.8 Å². The van der Waals surface area contributed by atoms with E-state index < -0.39 is 53.0 Å². The zero-order chi connectivity index (χ0) is 46.1. The molecule has 2 atom stereocenters. The van der Waals surface area contributed by atoms with Crippen LogP contribution in [0, 0.1) is 25.5 Å². The first-order valence-corrected chi connectivity index (χ1v) is 21.0. The van der Waals surface area contributed by atoms with E-state index in [4.69, 9.17) is 9.94 Å². The maximum absolute atomic E-state index is 16.1. The molecule has 0 radical (unpaired) electrons. The van der Waals surface area contributed by atoms with Crippen molar-refractivity contribution in [3.8, 4) is 28.3 Å². The van der Waals surface area contributed by atoms with E-state index in [0.29, 0.717) is 68.9 Å². The summed E-state index contributed by atoms with van der Waals surface area (Å²) >= 11 is 0. The van der Waals surface area contributed by atoms with E-state index in [2.05, 4.69) is 20.6 Å². The number of carbonyl (C=O) groups excluding carboxylic acids is 1. The van der Waals surface area contributed by atoms with Gasteiger partial charge in [0.25, 0.3) is 12.3 Å². The summed E-state index contributed by atoms with van der Waals surface area (Å²) in [6, 6.07) is 11.5. The fraction of sp³-hybridized carbons (Fsp3) is 0.261. The second-order valence-corrected chi connectivity index (χ2v) is 17.0. The van der Waals surface area contributed by atoms with Gasteiger partial charge in [-0.05, 0) is 98.3 Å². The number of aryl methyl sites for hydroxylation is 3. The van der Waals surface area contributed by atoms with Gasteiger partial charge in [0.15, 0.2) is 5.82 Å². The van der Waals surface area contributed by atoms with Crippen LogP contribution in [0.4, 0.5) is 22.0 Å². The molecule has 8 heterocycles. The topological polar surface area (TPSA) is 154 Å². The van der Waals surface area contributed by atoms with Crippen LogP contribution in [-0.4, -0.2) is 72.8 Å². The van der Waals surface area contributed by atoms with Crippen molar-refractivity contribution >= 4 is 28.2 Å². The number of hydrogen-bond donors (Lipinski definition) is 2. The molecule has 1 fully saturated rings. The monoisotopic (exact) mass is 903 g/mol. The molecule has 1 unspecified atom stereocenters. The number of carbonyl (C=O) groups is 1. The van der Waals surface area contributed by atoms with E-state index in [1.54, 1.807) is 77.6 Å². The normalized spacial score (nSPS) is 18.0. The number of pyridine rings is 2. The predicted octanol–water partition coefficient (Wildman–Crippen LogP) is 6.93. The summed E-state index contributed by atoms with van der Waals surface area (Å²) in [6.45, 7) is 5.27. The summed E-state index contributed by atoms with van der Waals surface area (Å²) in [5.41, 5.74) is 5.12. The molecule has 11 rings (SSSR count). The number of amides is 1. The van der Waals surface area contributed by atoms with Crippen molar-refractivity contribution in [2.45, 2.75) is 64.1 Å². The number of aliphatic hydroxyl groups excluding tert-OH is 1. The number of nitrogens with one attached hydrogen (secondary N) is 1. The minimum atomic E-state index is -4.66. The number of benzene rings is 2. The number of rotatable bonds is 7. The first-order valence-electron chi connectivity index (χ1n) is 21.0. The lowest BCUT2D eigenvalue weighted by molar-refractivity contribution is -0.141. The van der Waals surface area contributed by atoms with Gasteiger partial charge in [-0.2, -0.15) is 23.4 Å². The molecule has 3 aliphatic rings. The molecule has 6 aromatic heterocycles. The Morgan fingerprint density at radius 3 is 2.41 bits per heavy atom. The molecule has 1 aliphatic carbocycles. The summed E-state index contributed by atoms with van der Waals surface area (Å²) in [5, 5.41) is 19.6. The van der Waals surface area contributed by atoms with Crippen molar-refractivity contribution in [1.82, 2.24) is 48.5 Å². The Bertz CT molecular complexity index is 3420. The molecular weight excluding hydrogens is 866 g/mol. The molecule has 0 bridgehead atoms. The van der Waals surface area contributed by atoms with Crippen LogP contribution in [0.25, 0.3) is 44.7 Å². The fourth-order valence-electron chi connectivity index (χ4n) is 9.64. The van der Waals surface area contributed by atoms with Crippen LogP contribution >= 0.6 is 0 Å². The molecule has 1 amide bonds. The highest BCUT2D eigenvalue weighted by atomic mass is 19.4. The number of nitrogens with zero attached hydrogens (tertiary/aromatic N) is 10. The van der Waals surface area contributed by atoms with E-state index in [0.717, 1.165) is 12.3 Å². The molecule has 0 saturated heterocycles. The van der Waals surface area contributed by atoms with Crippen molar-refractivity contribution in [1.29, 1.82) is 0 Å². The summed E-state index contributed by atoms with van der Waals surface area (Å²) < 4.78 is 79.6. The van der Waals surface area contributed by atoms with Crippen molar-refractivity contribution in [3.63, 3.8) is 0 Å². The Hall–Kier alpha value is -7.45. The van der Waals surface area contributed by atoms with Gasteiger partial charge in [-0.15, -0.1) is 0 Å². The number of aliphatic hydroxyl groups is 1. The summed E-state index contributed by atoms with van der Waals surface area (Å²) in [7, 11) is 1.69. The molecule has 8 aromatic rings. The zero-order valence-corrected chi connectivity index (χ0v) is 35.6. The number of amidine groups is 1. The fourth-order valence-corrected chi connectivity index (χ4v) is 9.64. The lowest BCUT2D eigenvalue weighted by atomic mass is 9.90. The number of imidazole rings is 1. The number of alkyl halides is 3. The lowest BCUT2D eigenvalue weighted by Crippen LogP contribution is -2.40. The molecule has 2 aromatic carbocycles. The summed E-state index contributed by atoms with van der Waals surface area (Å²) in [4.78, 5) is 44.6. The third-order valence-corrected chi connectivity index (χ3v) is 13.1. The number of hydroxylamine groups is 1. The van der Waals surface area contributed by atoms with Crippen molar-refractivity contribution in [3.05, 3.63) is 147 Å². The van der Waals surface area contributed by atoms with Gasteiger partial charge in [0.1, 0.15) is 23.2 Å². The van der Waals surface area contributed by atoms with Crippen molar-refractivity contribution in [2.75, 3.05) is 6.54 Å². The average molecular weight is 904 g/mol. The molecule has 2 N–H and O–H groups in total. The maximum Gasteiger partial charge on any atom is 0.433 e.